The van der Waals surface area contributed by atoms with Crippen LogP contribution in [0.4, 0.5) is 0 Å². The zero-order valence-corrected chi connectivity index (χ0v) is 15.4. The van der Waals surface area contributed by atoms with E-state index >= 15 is 0 Å². The largest absolute Gasteiger partial charge is 0.349 e. The third-order valence-electron chi connectivity index (χ3n) is 4.20. The van der Waals surface area contributed by atoms with E-state index in [2.05, 4.69) is 51.0 Å². The summed E-state index contributed by atoms with van der Waals surface area (Å²) in [5.74, 6) is 1.34. The van der Waals surface area contributed by atoms with Gasteiger partial charge in [-0.25, -0.2) is 0 Å². The molecule has 0 aliphatic heterocycles. The summed E-state index contributed by atoms with van der Waals surface area (Å²) >= 11 is 6.96. The summed E-state index contributed by atoms with van der Waals surface area (Å²) in [4.78, 5) is 12.3. The average molecular weight is 397 g/mol. The molecule has 0 aromatic carbocycles. The molecule has 0 bridgehead atoms. The van der Waals surface area contributed by atoms with Gasteiger partial charge in [0.2, 0.25) is 5.91 Å². The van der Waals surface area contributed by atoms with Gasteiger partial charge in [0.25, 0.3) is 0 Å². The van der Waals surface area contributed by atoms with E-state index < -0.39 is 0 Å². The number of unbranched alkanes of at least 4 members (excludes halogenated alkanes) is 1. The second-order valence-corrected chi connectivity index (χ2v) is 7.30. The second-order valence-electron chi connectivity index (χ2n) is 6.18. The Kier molecular flexibility index (Phi) is 7.97. The fourth-order valence-corrected chi connectivity index (χ4v) is 3.92. The van der Waals surface area contributed by atoms with Crippen LogP contribution in [0.15, 0.2) is 0 Å². The van der Waals surface area contributed by atoms with Crippen LogP contribution in [-0.4, -0.2) is 22.1 Å². The van der Waals surface area contributed by atoms with Crippen molar-refractivity contribution in [2.24, 2.45) is 11.8 Å². The number of carbonyl (C=O) groups is 1. The smallest absolute Gasteiger partial charge is 0.223 e. The molecule has 1 rings (SSSR count). The van der Waals surface area contributed by atoms with Gasteiger partial charge in [0.1, 0.15) is 0 Å². The van der Waals surface area contributed by atoms with Crippen molar-refractivity contribution >= 4 is 37.8 Å². The van der Waals surface area contributed by atoms with E-state index in [1.165, 1.54) is 32.1 Å². The van der Waals surface area contributed by atoms with Crippen molar-refractivity contribution in [3.63, 3.8) is 0 Å². The first-order chi connectivity index (χ1) is 9.04. The Hall–Kier alpha value is 0.430. The summed E-state index contributed by atoms with van der Waals surface area (Å²) < 4.78 is 0. The highest BCUT2D eigenvalue weighted by Crippen LogP contribution is 2.32. The number of halogens is 2. The molecule has 0 radical (unpaired) electrons. The van der Waals surface area contributed by atoms with Crippen LogP contribution in [0.25, 0.3) is 0 Å². The van der Waals surface area contributed by atoms with Gasteiger partial charge >= 0.3 is 0 Å². The van der Waals surface area contributed by atoms with Crippen molar-refractivity contribution in [2.75, 3.05) is 10.7 Å². The van der Waals surface area contributed by atoms with E-state index in [9.17, 15) is 4.79 Å². The molecule has 1 fully saturated rings. The molecule has 0 aromatic heterocycles. The second kappa shape index (κ2) is 8.66. The normalized spacial score (nSPS) is 24.2. The van der Waals surface area contributed by atoms with Gasteiger partial charge in [-0.3, -0.25) is 4.79 Å². The Morgan fingerprint density at radius 3 is 2.26 bits per heavy atom. The molecule has 1 aliphatic carbocycles. The van der Waals surface area contributed by atoms with Crippen LogP contribution in [-0.2, 0) is 4.79 Å². The Bertz CT molecular complexity index is 271. The zero-order valence-electron chi connectivity index (χ0n) is 12.2. The quantitative estimate of drug-likeness (QED) is 0.623. The lowest BCUT2D eigenvalue weighted by atomic mass is 9.79. The summed E-state index contributed by atoms with van der Waals surface area (Å²) in [7, 11) is 0. The number of alkyl halides is 2. The van der Waals surface area contributed by atoms with E-state index in [4.69, 9.17) is 0 Å². The minimum Gasteiger partial charge on any atom is -0.349 e. The molecule has 0 unspecified atom stereocenters. The van der Waals surface area contributed by atoms with E-state index in [1.54, 1.807) is 0 Å². The maximum absolute atomic E-state index is 12.3. The minimum absolute atomic E-state index is 0.170. The summed E-state index contributed by atoms with van der Waals surface area (Å²) in [6.45, 7) is 4.32. The maximum atomic E-state index is 12.3. The van der Waals surface area contributed by atoms with Gasteiger partial charge in [-0.05, 0) is 38.5 Å². The molecule has 0 saturated heterocycles. The first-order valence-electron chi connectivity index (χ1n) is 7.48. The van der Waals surface area contributed by atoms with Gasteiger partial charge in [0.05, 0.1) is 5.54 Å². The lowest BCUT2D eigenvalue weighted by molar-refractivity contribution is -0.127. The fraction of sp³-hybridized carbons (Fsp3) is 0.933. The molecular weight excluding hydrogens is 370 g/mol. The zero-order chi connectivity index (χ0) is 14.3. The van der Waals surface area contributed by atoms with Crippen LogP contribution >= 0.6 is 31.9 Å². The first kappa shape index (κ1) is 17.5. The number of hydrogen-bond donors (Lipinski definition) is 1. The summed E-state index contributed by atoms with van der Waals surface area (Å²) in [6, 6.07) is 0. The minimum atomic E-state index is -0.170. The van der Waals surface area contributed by atoms with Gasteiger partial charge in [0, 0.05) is 16.6 Å². The van der Waals surface area contributed by atoms with Crippen LogP contribution in [0.5, 0.6) is 0 Å². The number of rotatable bonds is 7. The molecule has 1 N–H and O–H groups in total. The van der Waals surface area contributed by atoms with E-state index in [0.717, 1.165) is 29.4 Å². The van der Waals surface area contributed by atoms with Gasteiger partial charge in [-0.1, -0.05) is 58.0 Å². The fourth-order valence-electron chi connectivity index (χ4n) is 2.71. The first-order valence-corrected chi connectivity index (χ1v) is 9.73. The Labute approximate surface area is 134 Å². The molecule has 0 aromatic rings. The van der Waals surface area contributed by atoms with Crippen LogP contribution in [0.1, 0.15) is 58.8 Å². The van der Waals surface area contributed by atoms with Gasteiger partial charge in [-0.15, -0.1) is 0 Å². The molecule has 0 atom stereocenters. The van der Waals surface area contributed by atoms with Gasteiger partial charge in [0.15, 0.2) is 0 Å². The number of carbonyl (C=O) groups excluding carboxylic acids is 1. The lowest BCUT2D eigenvalue weighted by Crippen LogP contribution is -2.51. The van der Waals surface area contributed by atoms with Crippen molar-refractivity contribution in [2.45, 2.75) is 64.3 Å². The molecule has 0 heterocycles. The van der Waals surface area contributed by atoms with Crippen molar-refractivity contribution in [3.05, 3.63) is 0 Å². The number of nitrogens with one attached hydrogen (secondary N) is 1. The molecule has 4 heteroatoms. The van der Waals surface area contributed by atoms with Crippen molar-refractivity contribution in [1.82, 2.24) is 5.32 Å². The standard InChI is InChI=1S/C15H27Br2NO/c1-3-4-5-12-6-8-13(9-7-12)14(19)18-15(2,10-16)11-17/h12-13H,3-11H2,1-2H3,(H,18,19). The number of hydrogen-bond acceptors (Lipinski definition) is 1. The predicted octanol–water partition coefficient (Wildman–Crippen LogP) is 4.65. The highest BCUT2D eigenvalue weighted by molar-refractivity contribution is 9.09. The van der Waals surface area contributed by atoms with Crippen LogP contribution in [0.3, 0.4) is 0 Å². The van der Waals surface area contributed by atoms with E-state index in [0.29, 0.717) is 0 Å². The highest BCUT2D eigenvalue weighted by atomic mass is 79.9. The molecule has 1 amide bonds. The van der Waals surface area contributed by atoms with Crippen molar-refractivity contribution in [3.8, 4) is 0 Å². The Balaban J connectivity index is 2.36. The molecule has 0 spiro atoms. The predicted molar refractivity (Wildman–Crippen MR) is 89.1 cm³/mol. The molecule has 19 heavy (non-hydrogen) atoms. The number of amides is 1. The third-order valence-corrected chi connectivity index (χ3v) is 6.67. The molecule has 2 nitrogen and oxygen atoms in total. The SMILES string of the molecule is CCCCC1CCC(C(=O)NC(C)(CBr)CBr)CC1. The van der Waals surface area contributed by atoms with Crippen LogP contribution in [0.2, 0.25) is 0 Å². The molecular formula is C15H27Br2NO. The monoisotopic (exact) mass is 395 g/mol. The lowest BCUT2D eigenvalue weighted by Gasteiger charge is -2.32. The summed E-state index contributed by atoms with van der Waals surface area (Å²) in [6.07, 6.45) is 8.59. The highest BCUT2D eigenvalue weighted by Gasteiger charge is 2.30. The summed E-state index contributed by atoms with van der Waals surface area (Å²) in [5.41, 5.74) is -0.170. The maximum Gasteiger partial charge on any atom is 0.223 e. The molecule has 1 aliphatic rings. The van der Waals surface area contributed by atoms with Crippen LogP contribution < -0.4 is 5.32 Å². The van der Waals surface area contributed by atoms with Crippen LogP contribution in [0, 0.1) is 11.8 Å². The van der Waals surface area contributed by atoms with Gasteiger partial charge in [-0.2, -0.15) is 0 Å². The topological polar surface area (TPSA) is 29.1 Å². The van der Waals surface area contributed by atoms with E-state index in [-0.39, 0.29) is 17.4 Å². The average Bonchev–Trinajstić information content (AvgIpc) is 2.45. The van der Waals surface area contributed by atoms with Crippen molar-refractivity contribution < 1.29 is 4.79 Å². The van der Waals surface area contributed by atoms with Gasteiger partial charge < -0.3 is 5.32 Å². The summed E-state index contributed by atoms with van der Waals surface area (Å²) in [5, 5.41) is 4.75. The van der Waals surface area contributed by atoms with E-state index in [1.807, 2.05) is 0 Å². The Morgan fingerprint density at radius 1 is 1.21 bits per heavy atom. The Morgan fingerprint density at radius 2 is 1.79 bits per heavy atom. The third kappa shape index (κ3) is 5.74. The molecule has 112 valence electrons. The van der Waals surface area contributed by atoms with Crippen molar-refractivity contribution in [1.29, 1.82) is 0 Å². The molecule has 1 saturated carbocycles.